The summed E-state index contributed by atoms with van der Waals surface area (Å²) in [6.07, 6.45) is 0.366. The molecule has 1 fully saturated rings. The lowest BCUT2D eigenvalue weighted by molar-refractivity contribution is -0.132. The van der Waals surface area contributed by atoms with Gasteiger partial charge in [-0.2, -0.15) is 4.31 Å². The SMILES string of the molecule is O=C(CCc1ccccc1F)N1CCN(S(=O)(=O)c2ccc(F)cc2F)CC1. The molecule has 150 valence electrons. The number of rotatable bonds is 5. The largest absolute Gasteiger partial charge is 0.340 e. The summed E-state index contributed by atoms with van der Waals surface area (Å²) in [6.45, 7) is 0.311. The Morgan fingerprint density at radius 1 is 0.929 bits per heavy atom. The average molecular weight is 412 g/mol. The van der Waals surface area contributed by atoms with Crippen LogP contribution < -0.4 is 0 Å². The highest BCUT2D eigenvalue weighted by Crippen LogP contribution is 2.22. The summed E-state index contributed by atoms with van der Waals surface area (Å²) >= 11 is 0. The van der Waals surface area contributed by atoms with Gasteiger partial charge >= 0.3 is 0 Å². The van der Waals surface area contributed by atoms with Crippen molar-refractivity contribution in [3.63, 3.8) is 0 Å². The molecule has 2 aromatic rings. The number of sulfonamides is 1. The Kier molecular flexibility index (Phi) is 6.04. The molecule has 3 rings (SSSR count). The Hall–Kier alpha value is -2.39. The summed E-state index contributed by atoms with van der Waals surface area (Å²) in [5.41, 5.74) is 0.448. The normalized spacial score (nSPS) is 15.6. The Labute approximate surface area is 161 Å². The first kappa shape index (κ1) is 20.3. The first-order valence-corrected chi connectivity index (χ1v) is 10.2. The van der Waals surface area contributed by atoms with Crippen molar-refractivity contribution in [3.05, 3.63) is 65.5 Å². The minimum atomic E-state index is -4.12. The Bertz CT molecular complexity index is 974. The number of piperazine rings is 1. The molecule has 1 saturated heterocycles. The Morgan fingerprint density at radius 3 is 2.25 bits per heavy atom. The van der Waals surface area contributed by atoms with E-state index < -0.39 is 26.6 Å². The molecule has 0 saturated carbocycles. The van der Waals surface area contributed by atoms with E-state index in [2.05, 4.69) is 0 Å². The van der Waals surface area contributed by atoms with Gasteiger partial charge in [0.1, 0.15) is 22.3 Å². The molecule has 1 aliphatic heterocycles. The monoisotopic (exact) mass is 412 g/mol. The molecule has 1 heterocycles. The van der Waals surface area contributed by atoms with E-state index >= 15 is 0 Å². The van der Waals surface area contributed by atoms with Gasteiger partial charge in [0, 0.05) is 38.7 Å². The third kappa shape index (κ3) is 4.36. The van der Waals surface area contributed by atoms with Gasteiger partial charge in [-0.25, -0.2) is 21.6 Å². The zero-order valence-corrected chi connectivity index (χ0v) is 15.8. The first-order valence-electron chi connectivity index (χ1n) is 8.75. The smallest absolute Gasteiger partial charge is 0.246 e. The van der Waals surface area contributed by atoms with E-state index in [1.807, 2.05) is 0 Å². The lowest BCUT2D eigenvalue weighted by Crippen LogP contribution is -2.50. The number of carbonyl (C=O) groups excluding carboxylic acids is 1. The Morgan fingerprint density at radius 2 is 1.61 bits per heavy atom. The van der Waals surface area contributed by atoms with Gasteiger partial charge in [0.2, 0.25) is 15.9 Å². The number of halogens is 3. The predicted octanol–water partition coefficient (Wildman–Crippen LogP) is 2.57. The summed E-state index contributed by atoms with van der Waals surface area (Å²) in [5.74, 6) is -2.58. The van der Waals surface area contributed by atoms with Gasteiger partial charge in [-0.15, -0.1) is 0 Å². The zero-order chi connectivity index (χ0) is 20.3. The lowest BCUT2D eigenvalue weighted by atomic mass is 10.1. The van der Waals surface area contributed by atoms with Crippen molar-refractivity contribution in [1.82, 2.24) is 9.21 Å². The minimum Gasteiger partial charge on any atom is -0.340 e. The number of amides is 1. The molecule has 5 nitrogen and oxygen atoms in total. The summed E-state index contributed by atoms with van der Waals surface area (Å²) < 4.78 is 66.7. The van der Waals surface area contributed by atoms with Crippen molar-refractivity contribution < 1.29 is 26.4 Å². The summed E-state index contributed by atoms with van der Waals surface area (Å²) in [5, 5.41) is 0. The van der Waals surface area contributed by atoms with Crippen LogP contribution in [0.2, 0.25) is 0 Å². The maximum Gasteiger partial charge on any atom is 0.246 e. The number of hydrogen-bond acceptors (Lipinski definition) is 3. The van der Waals surface area contributed by atoms with Crippen molar-refractivity contribution in [2.75, 3.05) is 26.2 Å². The van der Waals surface area contributed by atoms with Crippen LogP contribution in [0, 0.1) is 17.5 Å². The van der Waals surface area contributed by atoms with E-state index in [4.69, 9.17) is 0 Å². The maximum atomic E-state index is 13.9. The van der Waals surface area contributed by atoms with Crippen molar-refractivity contribution >= 4 is 15.9 Å². The number of hydrogen-bond donors (Lipinski definition) is 0. The molecule has 0 atom stereocenters. The number of carbonyl (C=O) groups is 1. The molecule has 28 heavy (non-hydrogen) atoms. The zero-order valence-electron chi connectivity index (χ0n) is 14.9. The molecule has 1 amide bonds. The van der Waals surface area contributed by atoms with Crippen molar-refractivity contribution in [1.29, 1.82) is 0 Å². The topological polar surface area (TPSA) is 57.7 Å². The van der Waals surface area contributed by atoms with Gasteiger partial charge in [0.05, 0.1) is 0 Å². The molecular weight excluding hydrogens is 393 g/mol. The maximum absolute atomic E-state index is 13.9. The molecular formula is C19H19F3N2O3S. The van der Waals surface area contributed by atoms with E-state index in [1.165, 1.54) is 11.0 Å². The molecule has 2 aromatic carbocycles. The van der Waals surface area contributed by atoms with Crippen LogP contribution >= 0.6 is 0 Å². The second kappa shape index (κ2) is 8.32. The predicted molar refractivity (Wildman–Crippen MR) is 96.4 cm³/mol. The molecule has 9 heteroatoms. The Balaban J connectivity index is 1.59. The molecule has 1 aliphatic rings. The summed E-state index contributed by atoms with van der Waals surface area (Å²) in [6, 6.07) is 8.52. The van der Waals surface area contributed by atoms with Crippen LogP contribution in [-0.2, 0) is 21.2 Å². The van der Waals surface area contributed by atoms with Crippen LogP contribution in [0.3, 0.4) is 0 Å². The average Bonchev–Trinajstić information content (AvgIpc) is 2.67. The van der Waals surface area contributed by atoms with Crippen molar-refractivity contribution in [2.24, 2.45) is 0 Å². The second-order valence-electron chi connectivity index (χ2n) is 6.45. The highest BCUT2D eigenvalue weighted by atomic mass is 32.2. The second-order valence-corrected chi connectivity index (χ2v) is 8.36. The molecule has 0 spiro atoms. The van der Waals surface area contributed by atoms with E-state index in [0.29, 0.717) is 11.6 Å². The summed E-state index contributed by atoms with van der Waals surface area (Å²) in [4.78, 5) is 13.3. The van der Waals surface area contributed by atoms with E-state index in [0.717, 1.165) is 16.4 Å². The van der Waals surface area contributed by atoms with Gasteiger partial charge in [-0.05, 0) is 30.2 Å². The quantitative estimate of drug-likeness (QED) is 0.759. The van der Waals surface area contributed by atoms with E-state index in [1.54, 1.807) is 18.2 Å². The van der Waals surface area contributed by atoms with E-state index in [9.17, 15) is 26.4 Å². The highest BCUT2D eigenvalue weighted by Gasteiger charge is 2.32. The van der Waals surface area contributed by atoms with Crippen LogP contribution in [-0.4, -0.2) is 49.7 Å². The summed E-state index contributed by atoms with van der Waals surface area (Å²) in [7, 11) is -4.12. The van der Waals surface area contributed by atoms with Gasteiger partial charge in [-0.1, -0.05) is 18.2 Å². The fraction of sp³-hybridized carbons (Fsp3) is 0.316. The van der Waals surface area contributed by atoms with Crippen LogP contribution in [0.5, 0.6) is 0 Å². The van der Waals surface area contributed by atoms with Crippen molar-refractivity contribution in [3.8, 4) is 0 Å². The number of benzene rings is 2. The van der Waals surface area contributed by atoms with Crippen LogP contribution in [0.4, 0.5) is 13.2 Å². The third-order valence-electron chi connectivity index (χ3n) is 4.67. The van der Waals surface area contributed by atoms with Crippen molar-refractivity contribution in [2.45, 2.75) is 17.7 Å². The van der Waals surface area contributed by atoms with Gasteiger partial charge < -0.3 is 4.90 Å². The number of nitrogens with zero attached hydrogens (tertiary/aromatic N) is 2. The molecule has 0 aliphatic carbocycles. The molecule has 0 radical (unpaired) electrons. The van der Waals surface area contributed by atoms with Crippen LogP contribution in [0.25, 0.3) is 0 Å². The van der Waals surface area contributed by atoms with Gasteiger partial charge in [0.15, 0.2) is 0 Å². The minimum absolute atomic E-state index is 0.00455. The molecule has 0 bridgehead atoms. The standard InChI is InChI=1S/C19H19F3N2O3S/c20-15-6-7-18(17(22)13-15)28(26,27)24-11-9-23(10-12-24)19(25)8-5-14-3-1-2-4-16(14)21/h1-4,6-7,13H,5,8-12H2. The van der Waals surface area contributed by atoms with Crippen LogP contribution in [0.15, 0.2) is 47.4 Å². The highest BCUT2D eigenvalue weighted by molar-refractivity contribution is 7.89. The van der Waals surface area contributed by atoms with Gasteiger partial charge in [-0.3, -0.25) is 4.79 Å². The van der Waals surface area contributed by atoms with Gasteiger partial charge in [0.25, 0.3) is 0 Å². The third-order valence-corrected chi connectivity index (χ3v) is 6.60. The first-order chi connectivity index (χ1) is 13.3. The van der Waals surface area contributed by atoms with Crippen LogP contribution in [0.1, 0.15) is 12.0 Å². The molecule has 0 N–H and O–H groups in total. The number of aryl methyl sites for hydroxylation is 1. The lowest BCUT2D eigenvalue weighted by Gasteiger charge is -2.34. The molecule has 0 unspecified atom stereocenters. The van der Waals surface area contributed by atoms with E-state index in [-0.39, 0.29) is 50.7 Å². The molecule has 0 aromatic heterocycles. The fourth-order valence-corrected chi connectivity index (χ4v) is 4.57. The fourth-order valence-electron chi connectivity index (χ4n) is 3.10.